The Bertz CT molecular complexity index is 1390. The highest BCUT2D eigenvalue weighted by atomic mass is 35.5. The molecule has 33 heavy (non-hydrogen) atoms. The summed E-state index contributed by atoms with van der Waals surface area (Å²) in [6, 6.07) is 15.7. The summed E-state index contributed by atoms with van der Waals surface area (Å²) in [6.45, 7) is 2.28. The zero-order chi connectivity index (χ0) is 23.4. The number of nitriles is 1. The van der Waals surface area contributed by atoms with Crippen molar-refractivity contribution in [2.24, 2.45) is 0 Å². The molecule has 0 aliphatic rings. The SMILES string of the molecule is CCOc1cc(/C=C(/C#N)c2nc3ccc(F)cc3[nH]2)cc(Cl)c1OCc1cccc(F)c1. The second kappa shape index (κ2) is 9.72. The maximum Gasteiger partial charge on any atom is 0.180 e. The Morgan fingerprint density at radius 2 is 1.94 bits per heavy atom. The first-order valence-electron chi connectivity index (χ1n) is 10.1. The fourth-order valence-electron chi connectivity index (χ4n) is 3.29. The second-order valence-corrected chi connectivity index (χ2v) is 7.51. The Labute approximate surface area is 193 Å². The molecular formula is C25H18ClF2N3O2. The van der Waals surface area contributed by atoms with Gasteiger partial charge in [0.05, 0.1) is 28.2 Å². The number of allylic oxidation sites excluding steroid dienone is 1. The van der Waals surface area contributed by atoms with Crippen LogP contribution < -0.4 is 9.47 Å². The number of benzene rings is 3. The van der Waals surface area contributed by atoms with E-state index in [4.69, 9.17) is 21.1 Å². The third-order valence-corrected chi connectivity index (χ3v) is 5.02. The van der Waals surface area contributed by atoms with Gasteiger partial charge in [-0.2, -0.15) is 5.26 Å². The second-order valence-electron chi connectivity index (χ2n) is 7.10. The number of aromatic nitrogens is 2. The largest absolute Gasteiger partial charge is 0.490 e. The molecule has 8 heteroatoms. The number of hydrogen-bond acceptors (Lipinski definition) is 4. The highest BCUT2D eigenvalue weighted by Crippen LogP contribution is 2.38. The lowest BCUT2D eigenvalue weighted by atomic mass is 10.1. The van der Waals surface area contributed by atoms with E-state index in [-0.39, 0.29) is 23.0 Å². The topological polar surface area (TPSA) is 70.9 Å². The zero-order valence-electron chi connectivity index (χ0n) is 17.5. The molecule has 0 radical (unpaired) electrons. The van der Waals surface area contributed by atoms with Crippen LogP contribution in [0.15, 0.2) is 54.6 Å². The Morgan fingerprint density at radius 1 is 1.12 bits per heavy atom. The summed E-state index contributed by atoms with van der Waals surface area (Å²) in [5.74, 6) is 0.250. The van der Waals surface area contributed by atoms with E-state index in [1.54, 1.807) is 30.3 Å². The molecule has 0 bridgehead atoms. The molecule has 166 valence electrons. The summed E-state index contributed by atoms with van der Waals surface area (Å²) in [4.78, 5) is 7.31. The lowest BCUT2D eigenvalue weighted by Crippen LogP contribution is -2.01. The van der Waals surface area contributed by atoms with E-state index in [0.717, 1.165) is 0 Å². The predicted octanol–water partition coefficient (Wildman–Crippen LogP) is 6.54. The first-order chi connectivity index (χ1) is 16.0. The number of aromatic amines is 1. The van der Waals surface area contributed by atoms with E-state index >= 15 is 0 Å². The summed E-state index contributed by atoms with van der Waals surface area (Å²) >= 11 is 6.47. The maximum absolute atomic E-state index is 13.5. The fraction of sp³-hybridized carbons (Fsp3) is 0.120. The van der Waals surface area contributed by atoms with Gasteiger partial charge in [-0.3, -0.25) is 0 Å². The third kappa shape index (κ3) is 5.13. The summed E-state index contributed by atoms with van der Waals surface area (Å²) in [5, 5.41) is 9.95. The predicted molar refractivity (Wildman–Crippen MR) is 123 cm³/mol. The number of nitrogens with one attached hydrogen (secondary N) is 1. The molecule has 0 aliphatic heterocycles. The van der Waals surface area contributed by atoms with E-state index < -0.39 is 5.82 Å². The molecule has 0 fully saturated rings. The van der Waals surface area contributed by atoms with Crippen LogP contribution >= 0.6 is 11.6 Å². The number of nitrogens with zero attached hydrogens (tertiary/aromatic N) is 2. The van der Waals surface area contributed by atoms with Gasteiger partial charge in [-0.1, -0.05) is 23.7 Å². The molecule has 3 aromatic carbocycles. The third-order valence-electron chi connectivity index (χ3n) is 4.73. The van der Waals surface area contributed by atoms with Gasteiger partial charge in [0.25, 0.3) is 0 Å². The molecule has 0 saturated heterocycles. The van der Waals surface area contributed by atoms with Crippen LogP contribution in [0.5, 0.6) is 11.5 Å². The van der Waals surface area contributed by atoms with Crippen molar-refractivity contribution in [3.63, 3.8) is 0 Å². The minimum atomic E-state index is -0.401. The molecule has 0 atom stereocenters. The molecule has 1 aromatic heterocycles. The van der Waals surface area contributed by atoms with Gasteiger partial charge in [-0.05, 0) is 66.6 Å². The van der Waals surface area contributed by atoms with Crippen molar-refractivity contribution in [1.29, 1.82) is 5.26 Å². The van der Waals surface area contributed by atoms with Crippen molar-refractivity contribution >= 4 is 34.3 Å². The standard InChI is InChI=1S/C25H18ClF2N3O2/c1-2-32-23-11-16(10-20(26)24(23)33-14-15-4-3-5-18(27)9-15)8-17(13-29)25-30-21-7-6-19(28)12-22(21)31-25/h3-12H,2,14H2,1H3,(H,30,31)/b17-8-. The van der Waals surface area contributed by atoms with Gasteiger partial charge < -0.3 is 14.5 Å². The van der Waals surface area contributed by atoms with Crippen molar-refractivity contribution < 1.29 is 18.3 Å². The molecular weight excluding hydrogens is 448 g/mol. The number of ether oxygens (including phenoxy) is 2. The highest BCUT2D eigenvalue weighted by Gasteiger charge is 2.15. The lowest BCUT2D eigenvalue weighted by molar-refractivity contribution is 0.269. The normalized spacial score (nSPS) is 11.4. The lowest BCUT2D eigenvalue weighted by Gasteiger charge is -2.15. The van der Waals surface area contributed by atoms with Crippen LogP contribution in [0.1, 0.15) is 23.9 Å². The van der Waals surface area contributed by atoms with Gasteiger partial charge in [0.2, 0.25) is 0 Å². The molecule has 5 nitrogen and oxygen atoms in total. The van der Waals surface area contributed by atoms with E-state index in [0.29, 0.717) is 46.1 Å². The van der Waals surface area contributed by atoms with Gasteiger partial charge in [-0.15, -0.1) is 0 Å². The Morgan fingerprint density at radius 3 is 2.70 bits per heavy atom. The summed E-state index contributed by atoms with van der Waals surface area (Å²) in [5.41, 5.74) is 2.50. The van der Waals surface area contributed by atoms with E-state index in [1.807, 2.05) is 6.92 Å². The number of rotatable bonds is 7. The Balaban J connectivity index is 1.66. The summed E-state index contributed by atoms with van der Waals surface area (Å²) in [7, 11) is 0. The van der Waals surface area contributed by atoms with Crippen LogP contribution in [0, 0.1) is 23.0 Å². The van der Waals surface area contributed by atoms with Crippen molar-refractivity contribution in [1.82, 2.24) is 9.97 Å². The summed E-state index contributed by atoms with van der Waals surface area (Å²) < 4.78 is 38.4. The number of imidazole rings is 1. The zero-order valence-corrected chi connectivity index (χ0v) is 18.3. The molecule has 1 heterocycles. The smallest absolute Gasteiger partial charge is 0.180 e. The van der Waals surface area contributed by atoms with Crippen LogP contribution in [-0.2, 0) is 6.61 Å². The molecule has 0 spiro atoms. The van der Waals surface area contributed by atoms with Crippen LogP contribution in [0.2, 0.25) is 5.02 Å². The monoisotopic (exact) mass is 465 g/mol. The molecule has 0 saturated carbocycles. The first-order valence-corrected chi connectivity index (χ1v) is 10.5. The average molecular weight is 466 g/mol. The molecule has 0 unspecified atom stereocenters. The Kier molecular flexibility index (Phi) is 6.57. The van der Waals surface area contributed by atoms with Crippen molar-refractivity contribution in [2.45, 2.75) is 13.5 Å². The molecule has 4 rings (SSSR count). The number of halogens is 3. The van der Waals surface area contributed by atoms with Crippen molar-refractivity contribution in [2.75, 3.05) is 6.61 Å². The highest BCUT2D eigenvalue weighted by molar-refractivity contribution is 6.32. The minimum absolute atomic E-state index is 0.103. The van der Waals surface area contributed by atoms with Crippen LogP contribution in [0.4, 0.5) is 8.78 Å². The number of hydrogen-bond donors (Lipinski definition) is 1. The Hall–Kier alpha value is -3.89. The van der Waals surface area contributed by atoms with Crippen LogP contribution in [0.25, 0.3) is 22.7 Å². The average Bonchev–Trinajstić information content (AvgIpc) is 3.20. The van der Waals surface area contributed by atoms with Crippen LogP contribution in [-0.4, -0.2) is 16.6 Å². The van der Waals surface area contributed by atoms with Gasteiger partial charge >= 0.3 is 0 Å². The van der Waals surface area contributed by atoms with Gasteiger partial charge in [0.1, 0.15) is 30.1 Å². The number of H-pyrrole nitrogens is 1. The van der Waals surface area contributed by atoms with Gasteiger partial charge in [0, 0.05) is 0 Å². The summed E-state index contributed by atoms with van der Waals surface area (Å²) in [6.07, 6.45) is 1.60. The molecule has 0 aliphatic carbocycles. The number of fused-ring (bicyclic) bond motifs is 1. The maximum atomic E-state index is 13.5. The molecule has 4 aromatic rings. The molecule has 0 amide bonds. The van der Waals surface area contributed by atoms with E-state index in [9.17, 15) is 14.0 Å². The van der Waals surface area contributed by atoms with E-state index in [1.165, 1.54) is 30.3 Å². The van der Waals surface area contributed by atoms with Crippen LogP contribution in [0.3, 0.4) is 0 Å². The quantitative estimate of drug-likeness (QED) is 0.315. The van der Waals surface area contributed by atoms with Gasteiger partial charge in [-0.25, -0.2) is 13.8 Å². The molecule has 1 N–H and O–H groups in total. The minimum Gasteiger partial charge on any atom is -0.490 e. The van der Waals surface area contributed by atoms with Crippen molar-refractivity contribution in [3.05, 3.63) is 88.2 Å². The van der Waals surface area contributed by atoms with Gasteiger partial charge in [0.15, 0.2) is 11.5 Å². The first kappa shape index (κ1) is 22.3. The van der Waals surface area contributed by atoms with Crippen molar-refractivity contribution in [3.8, 4) is 17.6 Å². The van der Waals surface area contributed by atoms with E-state index in [2.05, 4.69) is 16.0 Å². The fourth-order valence-corrected chi connectivity index (χ4v) is 3.56.